The van der Waals surface area contributed by atoms with E-state index >= 15 is 0 Å². The predicted molar refractivity (Wildman–Crippen MR) is 102 cm³/mol. The molecule has 1 atom stereocenters. The minimum absolute atomic E-state index is 0.0678. The molecule has 0 bridgehead atoms. The number of hydrazine groups is 1. The van der Waals surface area contributed by atoms with Crippen LogP contribution in [0, 0.1) is 16.7 Å². The Balaban J connectivity index is 2.29. The maximum absolute atomic E-state index is 13.1. The highest BCUT2D eigenvalue weighted by Gasteiger charge is 2.45. The Kier molecular flexibility index (Phi) is 4.75. The zero-order valence-electron chi connectivity index (χ0n) is 15.5. The minimum Gasteiger partial charge on any atom is -0.383 e. The van der Waals surface area contributed by atoms with E-state index in [0.29, 0.717) is 34.7 Å². The molecular weight excluding hydrogens is 364 g/mol. The molecule has 1 heterocycles. The largest absolute Gasteiger partial charge is 0.383 e. The molecule has 27 heavy (non-hydrogen) atoms. The average Bonchev–Trinajstić information content (AvgIpc) is 2.56. The van der Waals surface area contributed by atoms with Crippen LogP contribution in [-0.4, -0.2) is 16.7 Å². The van der Waals surface area contributed by atoms with Crippen LogP contribution in [0.1, 0.15) is 45.1 Å². The highest BCUT2D eigenvalue weighted by atomic mass is 35.5. The summed E-state index contributed by atoms with van der Waals surface area (Å²) in [6.45, 7) is 5.34. The monoisotopic (exact) mass is 384 g/mol. The number of carbonyl (C=O) groups is 2. The van der Waals surface area contributed by atoms with Crippen LogP contribution in [0.4, 0.5) is 0 Å². The first-order chi connectivity index (χ1) is 12.7. The number of amides is 1. The minimum atomic E-state index is -0.646. The van der Waals surface area contributed by atoms with E-state index in [2.05, 4.69) is 11.5 Å². The third-order valence-electron chi connectivity index (χ3n) is 4.87. The average molecular weight is 385 g/mol. The van der Waals surface area contributed by atoms with Crippen molar-refractivity contribution in [1.29, 1.82) is 5.26 Å². The summed E-state index contributed by atoms with van der Waals surface area (Å²) in [5.74, 6) is -0.940. The van der Waals surface area contributed by atoms with E-state index in [9.17, 15) is 14.9 Å². The van der Waals surface area contributed by atoms with E-state index in [1.54, 1.807) is 18.2 Å². The molecule has 140 valence electrons. The van der Waals surface area contributed by atoms with Crippen molar-refractivity contribution < 1.29 is 9.59 Å². The van der Waals surface area contributed by atoms with Gasteiger partial charge in [-0.05, 0) is 23.5 Å². The summed E-state index contributed by atoms with van der Waals surface area (Å²) < 4.78 is 0. The van der Waals surface area contributed by atoms with Crippen molar-refractivity contribution in [3.05, 3.63) is 57.5 Å². The van der Waals surface area contributed by atoms with Crippen molar-refractivity contribution in [2.75, 3.05) is 0 Å². The van der Waals surface area contributed by atoms with Gasteiger partial charge in [-0.25, -0.2) is 5.01 Å². The normalized spacial score (nSPS) is 21.7. The number of allylic oxidation sites excluding steroid dienone is 3. The number of ketones is 1. The number of benzene rings is 1. The summed E-state index contributed by atoms with van der Waals surface area (Å²) in [6.07, 6.45) is 0.883. The molecule has 6 nitrogen and oxygen atoms in total. The van der Waals surface area contributed by atoms with Gasteiger partial charge >= 0.3 is 0 Å². The lowest BCUT2D eigenvalue weighted by Crippen LogP contribution is -2.49. The quantitative estimate of drug-likeness (QED) is 0.816. The van der Waals surface area contributed by atoms with Crippen molar-refractivity contribution in [3.8, 4) is 6.07 Å². The number of nitrogens with zero attached hydrogens (tertiary/aromatic N) is 2. The summed E-state index contributed by atoms with van der Waals surface area (Å²) in [6, 6.07) is 9.24. The van der Waals surface area contributed by atoms with E-state index < -0.39 is 5.92 Å². The SMILES string of the molecule is CC(=O)NN1C(N)=C(C#N)C(c2ccccc2Cl)C2=C1CC(C)(C)CC2=O. The van der Waals surface area contributed by atoms with Gasteiger partial charge < -0.3 is 5.73 Å². The first-order valence-electron chi connectivity index (χ1n) is 8.64. The van der Waals surface area contributed by atoms with E-state index in [4.69, 9.17) is 17.3 Å². The van der Waals surface area contributed by atoms with Gasteiger partial charge in [0.15, 0.2) is 5.78 Å². The molecule has 3 N–H and O–H groups in total. The second-order valence-corrected chi connectivity index (χ2v) is 8.08. The molecule has 7 heteroatoms. The Bertz CT molecular complexity index is 940. The van der Waals surface area contributed by atoms with Crippen LogP contribution in [0.3, 0.4) is 0 Å². The Hall–Kier alpha value is -2.78. The number of rotatable bonds is 2. The van der Waals surface area contributed by atoms with Gasteiger partial charge in [0.1, 0.15) is 5.82 Å². The van der Waals surface area contributed by atoms with Gasteiger partial charge in [-0.1, -0.05) is 43.6 Å². The standard InChI is InChI=1S/C20H21ClN4O2/c1-11(26)24-25-15-8-20(2,3)9-16(27)18(15)17(13(10-22)19(25)23)12-6-4-5-7-14(12)21/h4-7,17H,8-9,23H2,1-3H3,(H,24,26). The molecule has 1 aromatic rings. The maximum atomic E-state index is 13.1. The van der Waals surface area contributed by atoms with Crippen LogP contribution in [0.15, 0.2) is 46.9 Å². The fraction of sp³-hybridized carbons (Fsp3) is 0.350. The molecule has 0 spiro atoms. The van der Waals surface area contributed by atoms with Crippen LogP contribution in [0.5, 0.6) is 0 Å². The molecule has 0 saturated heterocycles. The molecule has 2 aliphatic rings. The first-order valence-corrected chi connectivity index (χ1v) is 9.02. The van der Waals surface area contributed by atoms with Gasteiger partial charge in [0, 0.05) is 23.9 Å². The van der Waals surface area contributed by atoms with E-state index in [1.165, 1.54) is 11.9 Å². The van der Waals surface area contributed by atoms with Crippen molar-refractivity contribution in [1.82, 2.24) is 10.4 Å². The number of Topliss-reactive ketones (excluding diaryl/α,β-unsaturated/α-hetero) is 1. The number of nitriles is 1. The highest BCUT2D eigenvalue weighted by molar-refractivity contribution is 6.31. The predicted octanol–water partition coefficient (Wildman–Crippen LogP) is 3.13. The Morgan fingerprint density at radius 3 is 2.63 bits per heavy atom. The molecule has 1 amide bonds. The number of hydrogen-bond donors (Lipinski definition) is 2. The van der Waals surface area contributed by atoms with Crippen molar-refractivity contribution in [2.24, 2.45) is 11.1 Å². The highest BCUT2D eigenvalue weighted by Crippen LogP contribution is 2.49. The summed E-state index contributed by atoms with van der Waals surface area (Å²) in [5, 5.41) is 11.7. The number of nitrogens with one attached hydrogen (secondary N) is 1. The number of hydrogen-bond acceptors (Lipinski definition) is 5. The molecule has 0 aromatic heterocycles. The van der Waals surface area contributed by atoms with Gasteiger partial charge in [-0.3, -0.25) is 15.0 Å². The number of carbonyl (C=O) groups excluding carboxylic acids is 2. The van der Waals surface area contributed by atoms with E-state index in [0.717, 1.165) is 0 Å². The second kappa shape index (κ2) is 6.75. The zero-order chi connectivity index (χ0) is 19.9. The van der Waals surface area contributed by atoms with Crippen LogP contribution in [-0.2, 0) is 9.59 Å². The molecule has 0 fully saturated rings. The molecule has 1 unspecified atom stereocenters. The fourth-order valence-electron chi connectivity index (χ4n) is 3.81. The molecule has 1 aromatic carbocycles. The zero-order valence-corrected chi connectivity index (χ0v) is 16.2. The molecule has 0 radical (unpaired) electrons. The van der Waals surface area contributed by atoms with Gasteiger partial charge in [-0.15, -0.1) is 0 Å². The van der Waals surface area contributed by atoms with Crippen LogP contribution < -0.4 is 11.2 Å². The topological polar surface area (TPSA) is 99.2 Å². The fourth-order valence-corrected chi connectivity index (χ4v) is 4.06. The molecular formula is C20H21ClN4O2. The smallest absolute Gasteiger partial charge is 0.235 e. The Labute approximate surface area is 163 Å². The summed E-state index contributed by atoms with van der Waals surface area (Å²) >= 11 is 6.39. The third kappa shape index (κ3) is 3.31. The number of halogens is 1. The van der Waals surface area contributed by atoms with Gasteiger partial charge in [0.25, 0.3) is 0 Å². The van der Waals surface area contributed by atoms with Crippen LogP contribution in [0.2, 0.25) is 5.02 Å². The lowest BCUT2D eigenvalue weighted by molar-refractivity contribution is -0.123. The molecule has 1 aliphatic heterocycles. The number of nitrogens with two attached hydrogens (primary N) is 1. The summed E-state index contributed by atoms with van der Waals surface area (Å²) in [7, 11) is 0. The van der Waals surface area contributed by atoms with Gasteiger partial charge in [0.2, 0.25) is 5.91 Å². The Morgan fingerprint density at radius 2 is 2.04 bits per heavy atom. The maximum Gasteiger partial charge on any atom is 0.235 e. The third-order valence-corrected chi connectivity index (χ3v) is 5.21. The second-order valence-electron chi connectivity index (χ2n) is 7.67. The lowest BCUT2D eigenvalue weighted by atomic mass is 9.69. The summed E-state index contributed by atoms with van der Waals surface area (Å²) in [5.41, 5.74) is 10.6. The van der Waals surface area contributed by atoms with Crippen LogP contribution >= 0.6 is 11.6 Å². The van der Waals surface area contributed by atoms with Crippen molar-refractivity contribution in [2.45, 2.75) is 39.5 Å². The van der Waals surface area contributed by atoms with Gasteiger partial charge in [0.05, 0.1) is 23.3 Å². The van der Waals surface area contributed by atoms with E-state index in [-0.39, 0.29) is 28.5 Å². The molecule has 0 saturated carbocycles. The first kappa shape index (κ1) is 19.0. The van der Waals surface area contributed by atoms with Crippen molar-refractivity contribution in [3.63, 3.8) is 0 Å². The van der Waals surface area contributed by atoms with E-state index in [1.807, 2.05) is 19.9 Å². The molecule has 3 rings (SSSR count). The molecule has 1 aliphatic carbocycles. The van der Waals surface area contributed by atoms with Crippen LogP contribution in [0.25, 0.3) is 0 Å². The summed E-state index contributed by atoms with van der Waals surface area (Å²) in [4.78, 5) is 24.9. The lowest BCUT2D eigenvalue weighted by Gasteiger charge is -2.43. The van der Waals surface area contributed by atoms with Crippen molar-refractivity contribution >= 4 is 23.3 Å². The Morgan fingerprint density at radius 1 is 1.37 bits per heavy atom. The van der Waals surface area contributed by atoms with Gasteiger partial charge in [-0.2, -0.15) is 5.26 Å².